The second-order valence-corrected chi connectivity index (χ2v) is 6.61. The SMILES string of the molecule is Cc1cnc2cc(N3CCN(c4c(C)cccc4F)CC3)c(=O)[nH]c2n1. The summed E-state index contributed by atoms with van der Waals surface area (Å²) in [7, 11) is 0. The van der Waals surface area contributed by atoms with Crippen LogP contribution in [0.1, 0.15) is 11.3 Å². The number of hydrogen-bond acceptors (Lipinski definition) is 5. The lowest BCUT2D eigenvalue weighted by molar-refractivity contribution is 0.595. The minimum atomic E-state index is -0.201. The summed E-state index contributed by atoms with van der Waals surface area (Å²) in [6.45, 7) is 6.34. The molecule has 0 amide bonds. The summed E-state index contributed by atoms with van der Waals surface area (Å²) < 4.78 is 14.2. The molecule has 3 aromatic rings. The van der Waals surface area contributed by atoms with Gasteiger partial charge in [0.25, 0.3) is 5.56 Å². The molecule has 2 aromatic heterocycles. The zero-order valence-corrected chi connectivity index (χ0v) is 14.8. The molecule has 3 heterocycles. The summed E-state index contributed by atoms with van der Waals surface area (Å²) >= 11 is 0. The predicted molar refractivity (Wildman–Crippen MR) is 100 cm³/mol. The number of halogens is 1. The molecule has 0 aliphatic carbocycles. The molecule has 7 heteroatoms. The van der Waals surface area contributed by atoms with E-state index in [-0.39, 0.29) is 11.4 Å². The first-order valence-corrected chi connectivity index (χ1v) is 8.64. The largest absolute Gasteiger partial charge is 0.365 e. The summed E-state index contributed by atoms with van der Waals surface area (Å²) in [5, 5.41) is 0. The number of aromatic nitrogens is 3. The number of aryl methyl sites for hydroxylation is 2. The molecule has 134 valence electrons. The van der Waals surface area contributed by atoms with Crippen molar-refractivity contribution in [3.63, 3.8) is 0 Å². The quantitative estimate of drug-likeness (QED) is 0.766. The predicted octanol–water partition coefficient (Wildman–Crippen LogP) is 2.40. The van der Waals surface area contributed by atoms with E-state index in [4.69, 9.17) is 0 Å². The fourth-order valence-electron chi connectivity index (χ4n) is 3.48. The number of benzene rings is 1. The van der Waals surface area contributed by atoms with Gasteiger partial charge in [0.2, 0.25) is 0 Å². The first kappa shape index (κ1) is 16.5. The van der Waals surface area contributed by atoms with Gasteiger partial charge >= 0.3 is 0 Å². The van der Waals surface area contributed by atoms with Gasteiger partial charge in [-0.3, -0.25) is 9.78 Å². The minimum absolute atomic E-state index is 0.173. The Morgan fingerprint density at radius 1 is 1.12 bits per heavy atom. The number of hydrogen-bond donors (Lipinski definition) is 1. The second-order valence-electron chi connectivity index (χ2n) is 6.61. The molecular weight excluding hydrogens is 333 g/mol. The lowest BCUT2D eigenvalue weighted by Gasteiger charge is -2.37. The first-order valence-electron chi connectivity index (χ1n) is 8.64. The molecule has 1 saturated heterocycles. The van der Waals surface area contributed by atoms with Crippen molar-refractivity contribution in [3.05, 3.63) is 57.9 Å². The van der Waals surface area contributed by atoms with Crippen LogP contribution in [0.4, 0.5) is 15.8 Å². The van der Waals surface area contributed by atoms with Gasteiger partial charge in [-0.15, -0.1) is 0 Å². The number of aromatic amines is 1. The van der Waals surface area contributed by atoms with Crippen LogP contribution < -0.4 is 15.4 Å². The third kappa shape index (κ3) is 2.89. The van der Waals surface area contributed by atoms with Crippen LogP contribution in [0.2, 0.25) is 0 Å². The van der Waals surface area contributed by atoms with E-state index in [0.717, 1.165) is 11.3 Å². The summed E-state index contributed by atoms with van der Waals surface area (Å²) in [5.74, 6) is -0.201. The summed E-state index contributed by atoms with van der Waals surface area (Å²) in [6, 6.07) is 6.91. The van der Waals surface area contributed by atoms with Gasteiger partial charge < -0.3 is 14.8 Å². The Morgan fingerprint density at radius 2 is 1.85 bits per heavy atom. The van der Waals surface area contributed by atoms with E-state index >= 15 is 0 Å². The van der Waals surface area contributed by atoms with Gasteiger partial charge in [0.05, 0.1) is 11.4 Å². The van der Waals surface area contributed by atoms with Crippen molar-refractivity contribution in [2.24, 2.45) is 0 Å². The Hall–Kier alpha value is -2.96. The van der Waals surface area contributed by atoms with Crippen molar-refractivity contribution in [1.82, 2.24) is 15.0 Å². The summed E-state index contributed by atoms with van der Waals surface area (Å²) in [5.41, 5.74) is 3.91. The van der Waals surface area contributed by atoms with Crippen molar-refractivity contribution < 1.29 is 4.39 Å². The second kappa shape index (κ2) is 6.40. The number of H-pyrrole nitrogens is 1. The molecule has 0 unspecified atom stereocenters. The van der Waals surface area contributed by atoms with Crippen molar-refractivity contribution in [2.75, 3.05) is 36.0 Å². The maximum Gasteiger partial charge on any atom is 0.273 e. The molecule has 1 aliphatic rings. The van der Waals surface area contributed by atoms with Crippen LogP contribution in [0.3, 0.4) is 0 Å². The van der Waals surface area contributed by atoms with Gasteiger partial charge in [-0.2, -0.15) is 0 Å². The lowest BCUT2D eigenvalue weighted by Crippen LogP contribution is -2.48. The van der Waals surface area contributed by atoms with Crippen LogP contribution in [0.5, 0.6) is 0 Å². The standard InChI is InChI=1S/C19H20FN5O/c1-12-4-3-5-14(20)17(12)25-8-6-24(7-9-25)16-10-15-18(23-19(16)26)22-13(2)11-21-15/h3-5,10-11H,6-9H2,1-2H3,(H,22,23,26). The van der Waals surface area contributed by atoms with E-state index in [2.05, 4.69) is 15.0 Å². The molecule has 26 heavy (non-hydrogen) atoms. The molecule has 0 radical (unpaired) electrons. The Kier molecular flexibility index (Phi) is 4.06. The highest BCUT2D eigenvalue weighted by molar-refractivity contribution is 5.74. The van der Waals surface area contributed by atoms with Crippen molar-refractivity contribution in [1.29, 1.82) is 0 Å². The monoisotopic (exact) mass is 353 g/mol. The van der Waals surface area contributed by atoms with Gasteiger partial charge in [0.1, 0.15) is 17.0 Å². The molecular formula is C19H20FN5O. The molecule has 0 bridgehead atoms. The van der Waals surface area contributed by atoms with E-state index in [1.165, 1.54) is 6.07 Å². The number of piperazine rings is 1. The Labute approximate surface area is 150 Å². The van der Waals surface area contributed by atoms with E-state index in [1.54, 1.807) is 18.3 Å². The molecule has 0 atom stereocenters. The highest BCUT2D eigenvalue weighted by atomic mass is 19.1. The maximum atomic E-state index is 14.2. The molecule has 0 saturated carbocycles. The van der Waals surface area contributed by atoms with Crippen LogP contribution in [0.25, 0.3) is 11.2 Å². The average Bonchev–Trinajstić information content (AvgIpc) is 2.61. The molecule has 0 spiro atoms. The van der Waals surface area contributed by atoms with E-state index in [9.17, 15) is 9.18 Å². The number of anilines is 2. The number of pyridine rings is 1. The van der Waals surface area contributed by atoms with E-state index < -0.39 is 0 Å². The highest BCUT2D eigenvalue weighted by Gasteiger charge is 2.22. The van der Waals surface area contributed by atoms with Crippen LogP contribution >= 0.6 is 0 Å². The fraction of sp³-hybridized carbons (Fsp3) is 0.316. The molecule has 1 aliphatic heterocycles. The van der Waals surface area contributed by atoms with Crippen molar-refractivity contribution >= 4 is 22.5 Å². The smallest absolute Gasteiger partial charge is 0.273 e. The van der Waals surface area contributed by atoms with Crippen molar-refractivity contribution in [2.45, 2.75) is 13.8 Å². The molecule has 1 aromatic carbocycles. The van der Waals surface area contributed by atoms with Crippen LogP contribution in [0, 0.1) is 19.7 Å². The van der Waals surface area contributed by atoms with Crippen LogP contribution in [-0.2, 0) is 0 Å². The van der Waals surface area contributed by atoms with Gasteiger partial charge in [-0.1, -0.05) is 12.1 Å². The Balaban J connectivity index is 1.58. The lowest BCUT2D eigenvalue weighted by atomic mass is 10.1. The normalized spacial score (nSPS) is 14.9. The van der Waals surface area contributed by atoms with Crippen molar-refractivity contribution in [3.8, 4) is 0 Å². The zero-order chi connectivity index (χ0) is 18.3. The van der Waals surface area contributed by atoms with E-state index in [0.29, 0.717) is 48.7 Å². The first-order chi connectivity index (χ1) is 12.5. The Morgan fingerprint density at radius 3 is 2.58 bits per heavy atom. The van der Waals surface area contributed by atoms with Crippen LogP contribution in [0.15, 0.2) is 35.3 Å². The highest BCUT2D eigenvalue weighted by Crippen LogP contribution is 2.26. The third-order valence-corrected chi connectivity index (χ3v) is 4.78. The molecule has 6 nitrogen and oxygen atoms in total. The number of nitrogens with zero attached hydrogens (tertiary/aromatic N) is 4. The number of nitrogens with one attached hydrogen (secondary N) is 1. The maximum absolute atomic E-state index is 14.2. The van der Waals surface area contributed by atoms with Crippen LogP contribution in [-0.4, -0.2) is 41.1 Å². The molecule has 1 fully saturated rings. The van der Waals surface area contributed by atoms with Gasteiger partial charge in [-0.25, -0.2) is 9.37 Å². The zero-order valence-electron chi connectivity index (χ0n) is 14.8. The third-order valence-electron chi connectivity index (χ3n) is 4.78. The van der Waals surface area contributed by atoms with Gasteiger partial charge in [0.15, 0.2) is 5.65 Å². The molecule has 4 rings (SSSR count). The van der Waals surface area contributed by atoms with Gasteiger partial charge in [0, 0.05) is 32.4 Å². The minimum Gasteiger partial charge on any atom is -0.365 e. The average molecular weight is 353 g/mol. The van der Waals surface area contributed by atoms with E-state index in [1.807, 2.05) is 29.7 Å². The number of fused-ring (bicyclic) bond motifs is 1. The number of rotatable bonds is 2. The topological polar surface area (TPSA) is 65.1 Å². The fourth-order valence-corrected chi connectivity index (χ4v) is 3.48. The number of para-hydroxylation sites is 1. The van der Waals surface area contributed by atoms with Gasteiger partial charge in [-0.05, 0) is 31.5 Å². The Bertz CT molecular complexity index is 1000. The summed E-state index contributed by atoms with van der Waals surface area (Å²) in [6.07, 6.45) is 1.68. The summed E-state index contributed by atoms with van der Waals surface area (Å²) in [4.78, 5) is 28.0. The molecule has 1 N–H and O–H groups in total.